The van der Waals surface area contributed by atoms with Crippen molar-refractivity contribution in [3.05, 3.63) is 0 Å². The van der Waals surface area contributed by atoms with E-state index in [2.05, 4.69) is 6.07 Å². The van der Waals surface area contributed by atoms with Crippen LogP contribution in [0.1, 0.15) is 51.4 Å². The number of carboxylic acids is 1. The van der Waals surface area contributed by atoms with Crippen LogP contribution < -0.4 is 0 Å². The molecule has 0 aromatic heterocycles. The summed E-state index contributed by atoms with van der Waals surface area (Å²) in [6, 6.07) is 2.11. The molecule has 1 saturated carbocycles. The van der Waals surface area contributed by atoms with Gasteiger partial charge in [-0.25, -0.2) is 0 Å². The number of hydrogen-bond donors (Lipinski definition) is 1. The summed E-state index contributed by atoms with van der Waals surface area (Å²) >= 11 is 0. The maximum absolute atomic E-state index is 10.8. The Hall–Kier alpha value is -1.12. The molecule has 0 bridgehead atoms. The zero-order valence-corrected chi connectivity index (χ0v) is 10.4. The molecule has 0 aromatic rings. The van der Waals surface area contributed by atoms with Gasteiger partial charge in [0.15, 0.2) is 5.79 Å². The zero-order chi connectivity index (χ0) is 13.0. The molecule has 2 aliphatic rings. The molecule has 2 rings (SSSR count). The quantitative estimate of drug-likeness (QED) is 0.834. The van der Waals surface area contributed by atoms with Gasteiger partial charge in [-0.1, -0.05) is 6.42 Å². The lowest BCUT2D eigenvalue weighted by molar-refractivity contribution is -0.327. The molecule has 1 aliphatic heterocycles. The third kappa shape index (κ3) is 3.21. The van der Waals surface area contributed by atoms with Crippen molar-refractivity contribution in [2.75, 3.05) is 0 Å². The minimum atomic E-state index is -0.858. The standard InChI is InChI=1S/C13H19NO4/c14-7-4-10-8-11(9-12(15)16)18-13(17-10)5-2-1-3-6-13/h10-11H,1-6,8-9H2,(H,15,16)/t10-,11-/m0/s1. The van der Waals surface area contributed by atoms with Crippen LogP contribution in [0.3, 0.4) is 0 Å². The minimum Gasteiger partial charge on any atom is -0.481 e. The number of rotatable bonds is 3. The fraction of sp³-hybridized carbons (Fsp3) is 0.846. The van der Waals surface area contributed by atoms with Crippen molar-refractivity contribution in [3.63, 3.8) is 0 Å². The van der Waals surface area contributed by atoms with Gasteiger partial charge in [-0.2, -0.15) is 5.26 Å². The summed E-state index contributed by atoms with van der Waals surface area (Å²) in [5.74, 6) is -1.48. The summed E-state index contributed by atoms with van der Waals surface area (Å²) in [5, 5.41) is 17.7. The van der Waals surface area contributed by atoms with Gasteiger partial charge in [0.2, 0.25) is 0 Å². The van der Waals surface area contributed by atoms with Gasteiger partial charge >= 0.3 is 5.97 Å². The molecule has 0 radical (unpaired) electrons. The largest absolute Gasteiger partial charge is 0.481 e. The Morgan fingerprint density at radius 1 is 1.28 bits per heavy atom. The second kappa shape index (κ2) is 5.68. The first-order chi connectivity index (χ1) is 8.63. The van der Waals surface area contributed by atoms with E-state index in [0.29, 0.717) is 12.8 Å². The second-order valence-electron chi connectivity index (χ2n) is 5.15. The monoisotopic (exact) mass is 253 g/mol. The average Bonchev–Trinajstić information content (AvgIpc) is 2.28. The predicted molar refractivity (Wildman–Crippen MR) is 62.7 cm³/mol. The number of aliphatic carboxylic acids is 1. The van der Waals surface area contributed by atoms with Gasteiger partial charge in [0.1, 0.15) is 0 Å². The number of hydrogen-bond acceptors (Lipinski definition) is 4. The highest BCUT2D eigenvalue weighted by atomic mass is 16.7. The van der Waals surface area contributed by atoms with Gasteiger partial charge in [-0.05, 0) is 12.8 Å². The highest BCUT2D eigenvalue weighted by molar-refractivity contribution is 5.67. The molecule has 1 saturated heterocycles. The fourth-order valence-electron chi connectivity index (χ4n) is 2.90. The van der Waals surface area contributed by atoms with Crippen LogP contribution in [0.25, 0.3) is 0 Å². The predicted octanol–water partition coefficient (Wildman–Crippen LogP) is 2.21. The average molecular weight is 253 g/mol. The molecular weight excluding hydrogens is 234 g/mol. The maximum Gasteiger partial charge on any atom is 0.305 e. The van der Waals surface area contributed by atoms with Crippen LogP contribution in [0.15, 0.2) is 0 Å². The summed E-state index contributed by atoms with van der Waals surface area (Å²) in [4.78, 5) is 10.8. The summed E-state index contributed by atoms with van der Waals surface area (Å²) in [6.45, 7) is 0. The van der Waals surface area contributed by atoms with Gasteiger partial charge in [-0.15, -0.1) is 0 Å². The van der Waals surface area contributed by atoms with Crippen LogP contribution in [-0.2, 0) is 14.3 Å². The van der Waals surface area contributed by atoms with Gasteiger partial charge in [0.05, 0.1) is 31.1 Å². The van der Waals surface area contributed by atoms with Crippen molar-refractivity contribution >= 4 is 5.97 Å². The second-order valence-corrected chi connectivity index (χ2v) is 5.15. The lowest BCUT2D eigenvalue weighted by Gasteiger charge is -2.46. The first-order valence-corrected chi connectivity index (χ1v) is 6.58. The molecule has 2 fully saturated rings. The first kappa shape index (κ1) is 13.3. The van der Waals surface area contributed by atoms with E-state index in [0.717, 1.165) is 25.7 Å². The van der Waals surface area contributed by atoms with E-state index >= 15 is 0 Å². The Labute approximate surface area is 107 Å². The molecule has 0 amide bonds. The topological polar surface area (TPSA) is 79.6 Å². The van der Waals surface area contributed by atoms with Crippen LogP contribution in [-0.4, -0.2) is 29.1 Å². The molecular formula is C13H19NO4. The molecule has 5 heteroatoms. The molecule has 1 aliphatic carbocycles. The number of nitrogens with zero attached hydrogens (tertiary/aromatic N) is 1. The summed E-state index contributed by atoms with van der Waals surface area (Å²) in [7, 11) is 0. The van der Waals surface area contributed by atoms with Crippen molar-refractivity contribution in [3.8, 4) is 6.07 Å². The van der Waals surface area contributed by atoms with Gasteiger partial charge in [0, 0.05) is 19.3 Å². The third-order valence-electron chi connectivity index (χ3n) is 3.63. The Kier molecular flexibility index (Phi) is 4.20. The van der Waals surface area contributed by atoms with E-state index in [1.165, 1.54) is 6.42 Å². The normalized spacial score (nSPS) is 30.8. The summed E-state index contributed by atoms with van der Waals surface area (Å²) in [5.41, 5.74) is 0. The smallest absolute Gasteiger partial charge is 0.305 e. The van der Waals surface area contributed by atoms with E-state index in [1.54, 1.807) is 0 Å². The van der Waals surface area contributed by atoms with Crippen LogP contribution in [0.5, 0.6) is 0 Å². The molecule has 100 valence electrons. The van der Waals surface area contributed by atoms with Gasteiger partial charge in [0.25, 0.3) is 0 Å². The molecule has 0 aromatic carbocycles. The van der Waals surface area contributed by atoms with Crippen molar-refractivity contribution in [1.82, 2.24) is 0 Å². The van der Waals surface area contributed by atoms with Crippen LogP contribution in [0.2, 0.25) is 0 Å². The van der Waals surface area contributed by atoms with Gasteiger partial charge in [-0.3, -0.25) is 4.79 Å². The number of carboxylic acid groups (broad SMARTS) is 1. The van der Waals surface area contributed by atoms with Crippen LogP contribution >= 0.6 is 0 Å². The molecule has 1 spiro atoms. The van der Waals surface area contributed by atoms with E-state index in [9.17, 15) is 4.79 Å². The van der Waals surface area contributed by atoms with Crippen LogP contribution in [0.4, 0.5) is 0 Å². The Balaban J connectivity index is 2.05. The highest BCUT2D eigenvalue weighted by Gasteiger charge is 2.43. The van der Waals surface area contributed by atoms with Crippen molar-refractivity contribution in [2.45, 2.75) is 69.4 Å². The summed E-state index contributed by atoms with van der Waals surface area (Å²) in [6.07, 6.45) is 5.16. The lowest BCUT2D eigenvalue weighted by atomic mass is 9.91. The van der Waals surface area contributed by atoms with Crippen LogP contribution in [0, 0.1) is 11.3 Å². The Bertz CT molecular complexity index is 343. The maximum atomic E-state index is 10.8. The lowest BCUT2D eigenvalue weighted by Crippen LogP contribution is -2.50. The molecule has 1 heterocycles. The Morgan fingerprint density at radius 2 is 1.94 bits per heavy atom. The highest BCUT2D eigenvalue weighted by Crippen LogP contribution is 2.40. The van der Waals surface area contributed by atoms with E-state index in [1.807, 2.05) is 0 Å². The molecule has 18 heavy (non-hydrogen) atoms. The molecule has 0 unspecified atom stereocenters. The van der Waals surface area contributed by atoms with Crippen molar-refractivity contribution < 1.29 is 19.4 Å². The summed E-state index contributed by atoms with van der Waals surface area (Å²) < 4.78 is 11.8. The minimum absolute atomic E-state index is 0.00691. The van der Waals surface area contributed by atoms with E-state index in [4.69, 9.17) is 19.8 Å². The zero-order valence-electron chi connectivity index (χ0n) is 10.4. The molecule has 5 nitrogen and oxygen atoms in total. The number of nitriles is 1. The van der Waals surface area contributed by atoms with Gasteiger partial charge < -0.3 is 14.6 Å². The van der Waals surface area contributed by atoms with Crippen molar-refractivity contribution in [2.24, 2.45) is 0 Å². The number of carbonyl (C=O) groups is 1. The molecule has 1 N–H and O–H groups in total. The number of ether oxygens (including phenoxy) is 2. The molecule has 2 atom stereocenters. The van der Waals surface area contributed by atoms with Crippen molar-refractivity contribution in [1.29, 1.82) is 5.26 Å². The van der Waals surface area contributed by atoms with E-state index in [-0.39, 0.29) is 18.6 Å². The van der Waals surface area contributed by atoms with E-state index < -0.39 is 11.8 Å². The first-order valence-electron chi connectivity index (χ1n) is 6.58. The SMILES string of the molecule is N#CC[C@H]1C[C@@H](CC(=O)O)OC2(CCCCC2)O1. The Morgan fingerprint density at radius 3 is 2.56 bits per heavy atom. The third-order valence-corrected chi connectivity index (χ3v) is 3.63. The fourth-order valence-corrected chi connectivity index (χ4v) is 2.90.